The van der Waals surface area contributed by atoms with Gasteiger partial charge in [0.2, 0.25) is 0 Å². The van der Waals surface area contributed by atoms with E-state index < -0.39 is 0 Å². The number of benzene rings is 3. The lowest BCUT2D eigenvalue weighted by atomic mass is 9.89. The van der Waals surface area contributed by atoms with E-state index in [1.165, 1.54) is 29.7 Å². The second-order valence-corrected chi connectivity index (χ2v) is 9.26. The van der Waals surface area contributed by atoms with Crippen LogP contribution in [-0.2, 0) is 13.1 Å². The molecule has 0 aliphatic carbocycles. The Morgan fingerprint density at radius 3 is 2.12 bits per heavy atom. The van der Waals surface area contributed by atoms with Crippen molar-refractivity contribution in [3.63, 3.8) is 0 Å². The molecule has 34 heavy (non-hydrogen) atoms. The molecule has 0 unspecified atom stereocenters. The summed E-state index contributed by atoms with van der Waals surface area (Å²) in [6, 6.07) is 24.8. The molecule has 1 aliphatic rings. The van der Waals surface area contributed by atoms with E-state index in [1.54, 1.807) is 31.4 Å². The summed E-state index contributed by atoms with van der Waals surface area (Å²) < 4.78 is 5.15. The number of rotatable bonds is 8. The fraction of sp³-hybridized carbons (Fsp3) is 0.345. The highest BCUT2D eigenvalue weighted by atomic mass is 16.5. The monoisotopic (exact) mass is 457 g/mol. The van der Waals surface area contributed by atoms with Crippen molar-refractivity contribution in [1.82, 2.24) is 10.2 Å². The topological polar surface area (TPSA) is 44.8 Å². The van der Waals surface area contributed by atoms with Gasteiger partial charge in [0.25, 0.3) is 5.91 Å². The number of ether oxygens (including phenoxy) is 1. The van der Waals surface area contributed by atoms with Crippen molar-refractivity contribution >= 4 is 11.6 Å². The van der Waals surface area contributed by atoms with Gasteiger partial charge in [0, 0.05) is 38.4 Å². The molecule has 3 aromatic rings. The Bertz CT molecular complexity index is 1050. The lowest BCUT2D eigenvalue weighted by Gasteiger charge is -2.32. The SMILES string of the molecule is COc1ccc(C(=O)NCc2ccc(C3CCN(Cc4ccc(N(C)C)cc4)CC3)cc2)cc1. The van der Waals surface area contributed by atoms with E-state index >= 15 is 0 Å². The molecular formula is C29H35N3O2. The van der Waals surface area contributed by atoms with Gasteiger partial charge in [-0.25, -0.2) is 0 Å². The molecule has 1 heterocycles. The number of piperidine rings is 1. The van der Waals surface area contributed by atoms with E-state index in [0.717, 1.165) is 30.9 Å². The van der Waals surface area contributed by atoms with Gasteiger partial charge >= 0.3 is 0 Å². The fourth-order valence-corrected chi connectivity index (χ4v) is 4.52. The van der Waals surface area contributed by atoms with Gasteiger partial charge < -0.3 is 15.0 Å². The molecule has 178 valence electrons. The van der Waals surface area contributed by atoms with Crippen LogP contribution in [0.5, 0.6) is 5.75 Å². The average molecular weight is 458 g/mol. The number of amides is 1. The summed E-state index contributed by atoms with van der Waals surface area (Å²) in [4.78, 5) is 17.1. The molecule has 0 bridgehead atoms. The Kier molecular flexibility index (Phi) is 7.86. The minimum absolute atomic E-state index is 0.0737. The standard InChI is InChI=1S/C29H35N3O2/c1-31(2)27-12-6-23(7-13-27)21-32-18-16-25(17-19-32)24-8-4-22(5-9-24)20-30-29(33)26-10-14-28(34-3)15-11-26/h4-15,25H,16-21H2,1-3H3,(H,30,33). The van der Waals surface area contributed by atoms with Crippen LogP contribution in [0.25, 0.3) is 0 Å². The molecule has 5 nitrogen and oxygen atoms in total. The maximum atomic E-state index is 12.4. The van der Waals surface area contributed by atoms with Gasteiger partial charge in [-0.3, -0.25) is 9.69 Å². The molecule has 1 aliphatic heterocycles. The van der Waals surface area contributed by atoms with Crippen LogP contribution in [0.15, 0.2) is 72.8 Å². The van der Waals surface area contributed by atoms with E-state index in [4.69, 9.17) is 4.74 Å². The highest BCUT2D eigenvalue weighted by Crippen LogP contribution is 2.29. The van der Waals surface area contributed by atoms with Crippen molar-refractivity contribution < 1.29 is 9.53 Å². The molecule has 4 rings (SSSR count). The summed E-state index contributed by atoms with van der Waals surface area (Å²) in [6.45, 7) is 3.79. The van der Waals surface area contributed by atoms with Crippen LogP contribution >= 0.6 is 0 Å². The summed E-state index contributed by atoms with van der Waals surface area (Å²) in [7, 11) is 5.77. The smallest absolute Gasteiger partial charge is 0.251 e. The van der Waals surface area contributed by atoms with Crippen LogP contribution in [0.4, 0.5) is 5.69 Å². The minimum atomic E-state index is -0.0737. The van der Waals surface area contributed by atoms with Gasteiger partial charge in [0.05, 0.1) is 7.11 Å². The molecule has 3 aromatic carbocycles. The fourth-order valence-electron chi connectivity index (χ4n) is 4.52. The molecule has 1 N–H and O–H groups in total. The molecule has 0 aromatic heterocycles. The number of carbonyl (C=O) groups is 1. The zero-order chi connectivity index (χ0) is 23.9. The molecule has 5 heteroatoms. The van der Waals surface area contributed by atoms with Crippen molar-refractivity contribution in [3.05, 3.63) is 95.1 Å². The van der Waals surface area contributed by atoms with Crippen LogP contribution in [-0.4, -0.2) is 45.1 Å². The molecule has 0 radical (unpaired) electrons. The molecule has 0 atom stereocenters. The van der Waals surface area contributed by atoms with Crippen molar-refractivity contribution in [2.24, 2.45) is 0 Å². The van der Waals surface area contributed by atoms with Gasteiger partial charge in [-0.2, -0.15) is 0 Å². The van der Waals surface area contributed by atoms with Crippen molar-refractivity contribution in [2.75, 3.05) is 39.2 Å². The lowest BCUT2D eigenvalue weighted by Crippen LogP contribution is -2.32. The molecule has 0 saturated carbocycles. The van der Waals surface area contributed by atoms with E-state index in [0.29, 0.717) is 18.0 Å². The van der Waals surface area contributed by atoms with Crippen LogP contribution in [0.1, 0.15) is 45.8 Å². The van der Waals surface area contributed by atoms with Crippen molar-refractivity contribution in [2.45, 2.75) is 31.8 Å². The van der Waals surface area contributed by atoms with Crippen molar-refractivity contribution in [1.29, 1.82) is 0 Å². The van der Waals surface area contributed by atoms with Gasteiger partial charge in [0.1, 0.15) is 5.75 Å². The highest BCUT2D eigenvalue weighted by Gasteiger charge is 2.20. The summed E-state index contributed by atoms with van der Waals surface area (Å²) in [5, 5.41) is 3.00. The lowest BCUT2D eigenvalue weighted by molar-refractivity contribution is 0.0951. The van der Waals surface area contributed by atoms with Gasteiger partial charge in [-0.05, 0) is 84.9 Å². The normalized spacial score (nSPS) is 14.6. The van der Waals surface area contributed by atoms with Crippen LogP contribution in [0.3, 0.4) is 0 Å². The van der Waals surface area contributed by atoms with E-state index in [-0.39, 0.29) is 5.91 Å². The first-order valence-electron chi connectivity index (χ1n) is 12.0. The first-order valence-corrected chi connectivity index (χ1v) is 12.0. The Labute approximate surface area is 203 Å². The largest absolute Gasteiger partial charge is 0.497 e. The first kappa shape index (κ1) is 23.8. The number of nitrogens with one attached hydrogen (secondary N) is 1. The van der Waals surface area contributed by atoms with E-state index in [2.05, 4.69) is 77.7 Å². The van der Waals surface area contributed by atoms with Crippen LogP contribution in [0.2, 0.25) is 0 Å². The maximum absolute atomic E-state index is 12.4. The number of carbonyl (C=O) groups excluding carboxylic acids is 1. The summed E-state index contributed by atoms with van der Waals surface area (Å²) in [6.07, 6.45) is 2.37. The van der Waals surface area contributed by atoms with Crippen LogP contribution in [0, 0.1) is 0 Å². The number of hydrogen-bond acceptors (Lipinski definition) is 4. The Morgan fingerprint density at radius 2 is 1.53 bits per heavy atom. The third-order valence-electron chi connectivity index (χ3n) is 6.70. The second kappa shape index (κ2) is 11.2. The Morgan fingerprint density at radius 1 is 0.912 bits per heavy atom. The third-order valence-corrected chi connectivity index (χ3v) is 6.70. The summed E-state index contributed by atoms with van der Waals surface area (Å²) in [5.74, 6) is 1.28. The zero-order valence-electron chi connectivity index (χ0n) is 20.5. The van der Waals surface area contributed by atoms with E-state index in [1.807, 2.05) is 0 Å². The quantitative estimate of drug-likeness (QED) is 0.513. The number of hydrogen-bond donors (Lipinski definition) is 1. The number of anilines is 1. The average Bonchev–Trinajstić information content (AvgIpc) is 2.88. The Hall–Kier alpha value is -3.31. The predicted molar refractivity (Wildman–Crippen MR) is 139 cm³/mol. The van der Waals surface area contributed by atoms with Crippen LogP contribution < -0.4 is 15.0 Å². The summed E-state index contributed by atoms with van der Waals surface area (Å²) in [5.41, 5.74) is 5.78. The first-order chi connectivity index (χ1) is 16.5. The Balaban J connectivity index is 1.23. The molecule has 1 fully saturated rings. The molecule has 1 saturated heterocycles. The van der Waals surface area contributed by atoms with Gasteiger partial charge in [-0.15, -0.1) is 0 Å². The molecule has 1 amide bonds. The molecule has 0 spiro atoms. The predicted octanol–water partition coefficient (Wildman–Crippen LogP) is 5.07. The van der Waals surface area contributed by atoms with Crippen molar-refractivity contribution in [3.8, 4) is 5.75 Å². The number of methoxy groups -OCH3 is 1. The number of nitrogens with zero attached hydrogens (tertiary/aromatic N) is 2. The summed E-state index contributed by atoms with van der Waals surface area (Å²) >= 11 is 0. The van der Waals surface area contributed by atoms with Gasteiger partial charge in [-0.1, -0.05) is 36.4 Å². The highest BCUT2D eigenvalue weighted by molar-refractivity contribution is 5.94. The minimum Gasteiger partial charge on any atom is -0.497 e. The number of likely N-dealkylation sites (tertiary alicyclic amines) is 1. The third kappa shape index (κ3) is 6.17. The second-order valence-electron chi connectivity index (χ2n) is 9.26. The van der Waals surface area contributed by atoms with Gasteiger partial charge in [0.15, 0.2) is 0 Å². The zero-order valence-corrected chi connectivity index (χ0v) is 20.5. The van der Waals surface area contributed by atoms with E-state index in [9.17, 15) is 4.79 Å². The molecular weight excluding hydrogens is 422 g/mol. The maximum Gasteiger partial charge on any atom is 0.251 e.